The minimum absolute atomic E-state index is 0.0957. The van der Waals surface area contributed by atoms with Gasteiger partial charge in [-0.05, 0) is 31.5 Å². The van der Waals surface area contributed by atoms with Crippen LogP contribution < -0.4 is 0 Å². The SMILES string of the molecule is CCn1cc(C(=O)N2CCN(Cc3ccc(Cl)cc3)CC2)c(C)n1. The Bertz CT molecular complexity index is 702. The van der Waals surface area contributed by atoms with Crippen molar-refractivity contribution in [3.63, 3.8) is 0 Å². The molecule has 128 valence electrons. The van der Waals surface area contributed by atoms with E-state index >= 15 is 0 Å². The summed E-state index contributed by atoms with van der Waals surface area (Å²) in [6.07, 6.45) is 1.86. The Labute approximate surface area is 147 Å². The van der Waals surface area contributed by atoms with Crippen molar-refractivity contribution in [3.05, 3.63) is 52.3 Å². The van der Waals surface area contributed by atoms with E-state index in [1.807, 2.05) is 41.8 Å². The Balaban J connectivity index is 1.57. The molecule has 1 aromatic heterocycles. The lowest BCUT2D eigenvalue weighted by atomic mass is 10.2. The van der Waals surface area contributed by atoms with E-state index in [1.165, 1.54) is 5.56 Å². The second-order valence-corrected chi connectivity index (χ2v) is 6.62. The predicted octanol–water partition coefficient (Wildman–Crippen LogP) is 2.82. The Morgan fingerprint density at radius 2 is 1.83 bits per heavy atom. The van der Waals surface area contributed by atoms with E-state index in [0.717, 1.165) is 55.5 Å². The highest BCUT2D eigenvalue weighted by Gasteiger charge is 2.24. The van der Waals surface area contributed by atoms with Crippen molar-refractivity contribution < 1.29 is 4.79 Å². The van der Waals surface area contributed by atoms with Crippen LogP contribution in [0.25, 0.3) is 0 Å². The molecule has 1 aromatic carbocycles. The Hall–Kier alpha value is -1.85. The molecule has 1 aliphatic rings. The minimum Gasteiger partial charge on any atom is -0.336 e. The zero-order valence-corrected chi connectivity index (χ0v) is 15.0. The highest BCUT2D eigenvalue weighted by molar-refractivity contribution is 6.30. The number of benzene rings is 1. The molecule has 0 unspecified atom stereocenters. The molecular weight excluding hydrogens is 324 g/mol. The van der Waals surface area contributed by atoms with Gasteiger partial charge in [-0.1, -0.05) is 23.7 Å². The van der Waals surface area contributed by atoms with Crippen molar-refractivity contribution in [2.24, 2.45) is 0 Å². The van der Waals surface area contributed by atoms with Crippen LogP contribution in [0.4, 0.5) is 0 Å². The zero-order valence-electron chi connectivity index (χ0n) is 14.2. The molecule has 0 atom stereocenters. The van der Waals surface area contributed by atoms with Gasteiger partial charge < -0.3 is 4.90 Å². The number of hydrogen-bond acceptors (Lipinski definition) is 3. The molecular formula is C18H23ClN4O. The van der Waals surface area contributed by atoms with Gasteiger partial charge in [0.1, 0.15) is 0 Å². The molecule has 1 aliphatic heterocycles. The summed E-state index contributed by atoms with van der Waals surface area (Å²) in [6, 6.07) is 7.96. The number of carbonyl (C=O) groups is 1. The van der Waals surface area contributed by atoms with Crippen LogP contribution in [0.15, 0.2) is 30.5 Å². The van der Waals surface area contributed by atoms with Gasteiger partial charge in [0, 0.05) is 50.5 Å². The molecule has 6 heteroatoms. The highest BCUT2D eigenvalue weighted by Crippen LogP contribution is 2.15. The summed E-state index contributed by atoms with van der Waals surface area (Å²) in [6.45, 7) is 8.87. The molecule has 3 rings (SSSR count). The lowest BCUT2D eigenvalue weighted by molar-refractivity contribution is 0.0627. The Kier molecular flexibility index (Phi) is 5.21. The Morgan fingerprint density at radius 3 is 2.42 bits per heavy atom. The van der Waals surface area contributed by atoms with E-state index in [2.05, 4.69) is 22.1 Å². The summed E-state index contributed by atoms with van der Waals surface area (Å²) in [5, 5.41) is 5.13. The lowest BCUT2D eigenvalue weighted by Crippen LogP contribution is -2.48. The van der Waals surface area contributed by atoms with Crippen molar-refractivity contribution in [1.29, 1.82) is 0 Å². The van der Waals surface area contributed by atoms with Gasteiger partial charge in [-0.15, -0.1) is 0 Å². The average Bonchev–Trinajstić information content (AvgIpc) is 2.98. The fraction of sp³-hybridized carbons (Fsp3) is 0.444. The van der Waals surface area contributed by atoms with Gasteiger partial charge in [0.15, 0.2) is 0 Å². The quantitative estimate of drug-likeness (QED) is 0.854. The van der Waals surface area contributed by atoms with Gasteiger partial charge in [-0.25, -0.2) is 0 Å². The van der Waals surface area contributed by atoms with E-state index in [-0.39, 0.29) is 5.91 Å². The fourth-order valence-corrected chi connectivity index (χ4v) is 3.14. The van der Waals surface area contributed by atoms with Gasteiger partial charge in [-0.2, -0.15) is 5.10 Å². The third-order valence-corrected chi connectivity index (χ3v) is 4.73. The summed E-state index contributed by atoms with van der Waals surface area (Å²) < 4.78 is 1.82. The standard InChI is InChI=1S/C18H23ClN4O/c1-3-23-13-17(14(2)20-23)18(24)22-10-8-21(9-11-22)12-15-4-6-16(19)7-5-15/h4-7,13H,3,8-12H2,1-2H3. The number of hydrogen-bond donors (Lipinski definition) is 0. The summed E-state index contributed by atoms with van der Waals surface area (Å²) in [5.74, 6) is 0.0957. The van der Waals surface area contributed by atoms with Crippen molar-refractivity contribution in [2.45, 2.75) is 26.9 Å². The molecule has 0 saturated carbocycles. The van der Waals surface area contributed by atoms with Gasteiger partial charge >= 0.3 is 0 Å². The fourth-order valence-electron chi connectivity index (χ4n) is 3.02. The van der Waals surface area contributed by atoms with E-state index in [4.69, 9.17) is 11.6 Å². The van der Waals surface area contributed by atoms with E-state index in [0.29, 0.717) is 0 Å². The molecule has 0 bridgehead atoms. The molecule has 1 fully saturated rings. The first-order valence-corrected chi connectivity index (χ1v) is 8.74. The molecule has 24 heavy (non-hydrogen) atoms. The zero-order chi connectivity index (χ0) is 17.1. The van der Waals surface area contributed by atoms with E-state index in [9.17, 15) is 4.79 Å². The number of amides is 1. The lowest BCUT2D eigenvalue weighted by Gasteiger charge is -2.34. The summed E-state index contributed by atoms with van der Waals surface area (Å²) in [7, 11) is 0. The number of aryl methyl sites for hydroxylation is 2. The van der Waals surface area contributed by atoms with Gasteiger partial charge in [0.25, 0.3) is 5.91 Å². The van der Waals surface area contributed by atoms with Crippen LogP contribution >= 0.6 is 11.6 Å². The smallest absolute Gasteiger partial charge is 0.257 e. The van der Waals surface area contributed by atoms with Crippen molar-refractivity contribution in [3.8, 4) is 0 Å². The number of nitrogens with zero attached hydrogens (tertiary/aromatic N) is 4. The third kappa shape index (κ3) is 3.79. The van der Waals surface area contributed by atoms with Crippen LogP contribution in [0.1, 0.15) is 28.5 Å². The van der Waals surface area contributed by atoms with E-state index < -0.39 is 0 Å². The summed E-state index contributed by atoms with van der Waals surface area (Å²) in [5.41, 5.74) is 2.78. The van der Waals surface area contributed by atoms with Gasteiger partial charge in [0.05, 0.1) is 11.3 Å². The van der Waals surface area contributed by atoms with Crippen LogP contribution in [0.5, 0.6) is 0 Å². The second-order valence-electron chi connectivity index (χ2n) is 6.18. The molecule has 0 aliphatic carbocycles. The molecule has 1 amide bonds. The van der Waals surface area contributed by atoms with Crippen molar-refractivity contribution in [1.82, 2.24) is 19.6 Å². The summed E-state index contributed by atoms with van der Waals surface area (Å²) >= 11 is 5.93. The minimum atomic E-state index is 0.0957. The monoisotopic (exact) mass is 346 g/mol. The molecule has 5 nitrogen and oxygen atoms in total. The Morgan fingerprint density at radius 1 is 1.17 bits per heavy atom. The van der Waals surface area contributed by atoms with Crippen LogP contribution in [-0.2, 0) is 13.1 Å². The molecule has 0 radical (unpaired) electrons. The van der Waals surface area contributed by atoms with E-state index in [1.54, 1.807) is 0 Å². The van der Waals surface area contributed by atoms with Crippen LogP contribution in [-0.4, -0.2) is 51.7 Å². The number of halogens is 1. The topological polar surface area (TPSA) is 41.4 Å². The average molecular weight is 347 g/mol. The number of rotatable bonds is 4. The molecule has 2 heterocycles. The first-order chi connectivity index (χ1) is 11.6. The largest absolute Gasteiger partial charge is 0.336 e. The second kappa shape index (κ2) is 7.36. The molecule has 0 N–H and O–H groups in total. The van der Waals surface area contributed by atoms with Gasteiger partial charge in [-0.3, -0.25) is 14.4 Å². The van der Waals surface area contributed by atoms with Crippen LogP contribution in [0.3, 0.4) is 0 Å². The van der Waals surface area contributed by atoms with Crippen LogP contribution in [0, 0.1) is 6.92 Å². The van der Waals surface area contributed by atoms with Crippen molar-refractivity contribution in [2.75, 3.05) is 26.2 Å². The maximum Gasteiger partial charge on any atom is 0.257 e. The first kappa shape index (κ1) is 17.0. The normalized spacial score (nSPS) is 15.7. The molecule has 1 saturated heterocycles. The van der Waals surface area contributed by atoms with Crippen molar-refractivity contribution >= 4 is 17.5 Å². The maximum absolute atomic E-state index is 12.7. The number of carbonyl (C=O) groups excluding carboxylic acids is 1. The number of piperazine rings is 1. The third-order valence-electron chi connectivity index (χ3n) is 4.48. The maximum atomic E-state index is 12.7. The molecule has 0 spiro atoms. The predicted molar refractivity (Wildman–Crippen MR) is 95.3 cm³/mol. The highest BCUT2D eigenvalue weighted by atomic mass is 35.5. The van der Waals surface area contributed by atoms with Crippen LogP contribution in [0.2, 0.25) is 5.02 Å². The molecule has 2 aromatic rings. The first-order valence-electron chi connectivity index (χ1n) is 8.37. The summed E-state index contributed by atoms with van der Waals surface area (Å²) in [4.78, 5) is 17.0. The number of aromatic nitrogens is 2. The van der Waals surface area contributed by atoms with Gasteiger partial charge in [0.2, 0.25) is 0 Å².